The molecule has 0 radical (unpaired) electrons. The monoisotopic (exact) mass is 617 g/mol. The third-order valence-corrected chi connectivity index (χ3v) is 8.76. The summed E-state index contributed by atoms with van der Waals surface area (Å²) in [6, 6.07) is 22.4. The van der Waals surface area contributed by atoms with Crippen LogP contribution in [0.15, 0.2) is 78.9 Å². The number of sulfonamides is 1. The van der Waals surface area contributed by atoms with Crippen LogP contribution >= 0.6 is 23.2 Å². The number of amides is 2. The maximum atomic E-state index is 13.9. The lowest BCUT2D eigenvalue weighted by Gasteiger charge is -2.33. The fraction of sp³-hybridized carbons (Fsp3) is 0.355. The summed E-state index contributed by atoms with van der Waals surface area (Å²) in [5, 5.41) is 3.81. The first-order chi connectivity index (χ1) is 19.5. The third kappa shape index (κ3) is 9.48. The zero-order chi connectivity index (χ0) is 30.0. The Morgan fingerprint density at radius 3 is 2.05 bits per heavy atom. The topological polar surface area (TPSA) is 86.8 Å². The summed E-state index contributed by atoms with van der Waals surface area (Å²) in [4.78, 5) is 29.1. The molecule has 41 heavy (non-hydrogen) atoms. The summed E-state index contributed by atoms with van der Waals surface area (Å²) >= 11 is 13.0. The molecule has 0 aliphatic heterocycles. The van der Waals surface area contributed by atoms with Crippen LogP contribution in [0.1, 0.15) is 44.2 Å². The minimum Gasteiger partial charge on any atom is -0.352 e. The number of anilines is 1. The number of para-hydroxylation sites is 1. The largest absolute Gasteiger partial charge is 0.352 e. The molecule has 2 unspecified atom stereocenters. The fourth-order valence-electron chi connectivity index (χ4n) is 4.45. The predicted octanol–water partition coefficient (Wildman–Crippen LogP) is 6.09. The van der Waals surface area contributed by atoms with Gasteiger partial charge in [0.15, 0.2) is 0 Å². The third-order valence-electron chi connectivity index (χ3n) is 6.86. The number of carbonyl (C=O) groups excluding carboxylic acids is 2. The molecular formula is C31H37Cl2N3O4S. The van der Waals surface area contributed by atoms with Crippen LogP contribution in [0.5, 0.6) is 0 Å². The molecule has 1 N–H and O–H groups in total. The molecule has 0 saturated carbocycles. The van der Waals surface area contributed by atoms with Gasteiger partial charge < -0.3 is 10.2 Å². The van der Waals surface area contributed by atoms with Crippen LogP contribution in [-0.2, 0) is 32.6 Å². The van der Waals surface area contributed by atoms with E-state index in [2.05, 4.69) is 5.32 Å². The first kappa shape index (κ1) is 32.4. The smallest absolute Gasteiger partial charge is 0.243 e. The number of rotatable bonds is 14. The zero-order valence-electron chi connectivity index (χ0n) is 23.6. The molecule has 0 bridgehead atoms. The van der Waals surface area contributed by atoms with Gasteiger partial charge in [-0.2, -0.15) is 0 Å². The van der Waals surface area contributed by atoms with Gasteiger partial charge in [0.2, 0.25) is 21.8 Å². The van der Waals surface area contributed by atoms with E-state index in [0.29, 0.717) is 21.3 Å². The van der Waals surface area contributed by atoms with Crippen LogP contribution in [0.4, 0.5) is 5.69 Å². The van der Waals surface area contributed by atoms with Crippen molar-refractivity contribution < 1.29 is 18.0 Å². The fourth-order valence-corrected chi connectivity index (χ4v) is 5.93. The lowest BCUT2D eigenvalue weighted by Crippen LogP contribution is -2.52. The number of carbonyl (C=O) groups is 2. The average molecular weight is 619 g/mol. The molecule has 0 heterocycles. The molecule has 0 spiro atoms. The predicted molar refractivity (Wildman–Crippen MR) is 167 cm³/mol. The van der Waals surface area contributed by atoms with Crippen molar-refractivity contribution in [2.45, 2.75) is 58.2 Å². The van der Waals surface area contributed by atoms with E-state index in [9.17, 15) is 18.0 Å². The van der Waals surface area contributed by atoms with E-state index in [0.717, 1.165) is 18.2 Å². The number of nitrogens with zero attached hydrogens (tertiary/aromatic N) is 2. The van der Waals surface area contributed by atoms with Gasteiger partial charge >= 0.3 is 0 Å². The van der Waals surface area contributed by atoms with Crippen molar-refractivity contribution in [2.24, 2.45) is 0 Å². The molecular weight excluding hydrogens is 581 g/mol. The molecule has 2 atom stereocenters. The quantitative estimate of drug-likeness (QED) is 0.237. The van der Waals surface area contributed by atoms with E-state index >= 15 is 0 Å². The zero-order valence-corrected chi connectivity index (χ0v) is 25.9. The van der Waals surface area contributed by atoms with Gasteiger partial charge in [-0.25, -0.2) is 8.42 Å². The van der Waals surface area contributed by atoms with E-state index in [1.165, 1.54) is 9.21 Å². The molecule has 0 aliphatic rings. The first-order valence-electron chi connectivity index (χ1n) is 13.6. The summed E-state index contributed by atoms with van der Waals surface area (Å²) in [5.74, 6) is -0.579. The van der Waals surface area contributed by atoms with E-state index < -0.39 is 16.1 Å². The molecule has 0 fully saturated rings. The van der Waals surface area contributed by atoms with Crippen LogP contribution in [0.2, 0.25) is 10.0 Å². The van der Waals surface area contributed by atoms with Crippen molar-refractivity contribution in [3.05, 3.63) is 100 Å². The van der Waals surface area contributed by atoms with Crippen LogP contribution in [-0.4, -0.2) is 50.0 Å². The second-order valence-electron chi connectivity index (χ2n) is 10.0. The summed E-state index contributed by atoms with van der Waals surface area (Å²) in [6.45, 7) is 4.02. The molecule has 2 amide bonds. The van der Waals surface area contributed by atoms with Gasteiger partial charge in [-0.05, 0) is 49.6 Å². The molecule has 3 aromatic carbocycles. The van der Waals surface area contributed by atoms with Gasteiger partial charge in [-0.1, -0.05) is 84.7 Å². The molecule has 0 aromatic heterocycles. The van der Waals surface area contributed by atoms with Gasteiger partial charge in [0.25, 0.3) is 0 Å². The second kappa shape index (κ2) is 15.2. The van der Waals surface area contributed by atoms with Crippen molar-refractivity contribution >= 4 is 50.7 Å². The van der Waals surface area contributed by atoms with Crippen molar-refractivity contribution in [2.75, 3.05) is 17.1 Å². The van der Waals surface area contributed by atoms with Gasteiger partial charge in [-0.3, -0.25) is 13.9 Å². The Labute approximate surface area is 253 Å². The Balaban J connectivity index is 1.93. The Morgan fingerprint density at radius 1 is 0.902 bits per heavy atom. The molecule has 3 rings (SSSR count). The molecule has 0 aliphatic carbocycles. The highest BCUT2D eigenvalue weighted by Crippen LogP contribution is 2.28. The minimum atomic E-state index is -3.57. The molecule has 7 nitrogen and oxygen atoms in total. The maximum absolute atomic E-state index is 13.9. The van der Waals surface area contributed by atoms with E-state index in [4.69, 9.17) is 23.2 Å². The summed E-state index contributed by atoms with van der Waals surface area (Å²) in [6.07, 6.45) is 2.43. The molecule has 10 heteroatoms. The Bertz CT molecular complexity index is 1390. The Hall–Kier alpha value is -3.07. The first-order valence-corrected chi connectivity index (χ1v) is 16.2. The Morgan fingerprint density at radius 2 is 1.49 bits per heavy atom. The number of hydrogen-bond donors (Lipinski definition) is 1. The molecule has 3 aromatic rings. The molecule has 220 valence electrons. The van der Waals surface area contributed by atoms with Crippen molar-refractivity contribution in [3.63, 3.8) is 0 Å². The number of benzene rings is 3. The average Bonchev–Trinajstić information content (AvgIpc) is 2.94. The molecule has 0 saturated heterocycles. The van der Waals surface area contributed by atoms with Crippen molar-refractivity contribution in [1.82, 2.24) is 10.2 Å². The summed E-state index contributed by atoms with van der Waals surface area (Å²) in [5.41, 5.74) is 1.96. The lowest BCUT2D eigenvalue weighted by molar-refractivity contribution is -0.141. The van der Waals surface area contributed by atoms with Gasteiger partial charge in [-0.15, -0.1) is 0 Å². The van der Waals surface area contributed by atoms with Gasteiger partial charge in [0.1, 0.15) is 6.04 Å². The summed E-state index contributed by atoms with van der Waals surface area (Å²) < 4.78 is 26.4. The highest BCUT2D eigenvalue weighted by atomic mass is 35.5. The second-order valence-corrected chi connectivity index (χ2v) is 12.7. The van der Waals surface area contributed by atoms with Crippen LogP contribution in [0, 0.1) is 0 Å². The highest BCUT2D eigenvalue weighted by Gasteiger charge is 2.32. The Kier molecular flexibility index (Phi) is 12.1. The lowest BCUT2D eigenvalue weighted by atomic mass is 10.0. The van der Waals surface area contributed by atoms with E-state index in [-0.39, 0.29) is 50.2 Å². The number of nitrogens with one attached hydrogen (secondary N) is 1. The van der Waals surface area contributed by atoms with Gasteiger partial charge in [0.05, 0.1) is 11.9 Å². The highest BCUT2D eigenvalue weighted by molar-refractivity contribution is 7.92. The van der Waals surface area contributed by atoms with Crippen molar-refractivity contribution in [1.29, 1.82) is 0 Å². The summed E-state index contributed by atoms with van der Waals surface area (Å²) in [7, 11) is -3.57. The SMILES string of the molecule is CCC(C)NC(=O)C(Cc1ccccc1)N(Cc1c(Cl)cccc1Cl)C(=O)CCCN(c1ccccc1)S(C)(=O)=O. The van der Waals surface area contributed by atoms with Crippen LogP contribution in [0.25, 0.3) is 0 Å². The van der Waals surface area contributed by atoms with E-state index in [1.807, 2.05) is 50.2 Å². The number of hydrogen-bond acceptors (Lipinski definition) is 4. The minimum absolute atomic E-state index is 0.0167. The van der Waals surface area contributed by atoms with Crippen LogP contribution in [0.3, 0.4) is 0 Å². The standard InChI is InChI=1S/C31H37Cl2N3O4S/c1-4-23(2)34-31(38)29(21-24-13-7-5-8-14-24)35(22-26-27(32)17-11-18-28(26)33)30(37)19-12-20-36(41(3,39)40)25-15-9-6-10-16-25/h5-11,13-18,23,29H,4,12,19-22H2,1-3H3,(H,34,38). The van der Waals surface area contributed by atoms with E-state index in [1.54, 1.807) is 42.5 Å². The number of halogens is 2. The van der Waals surface area contributed by atoms with Crippen molar-refractivity contribution in [3.8, 4) is 0 Å². The van der Waals surface area contributed by atoms with Gasteiger partial charge in [0, 0.05) is 47.6 Å². The van der Waals surface area contributed by atoms with Crippen LogP contribution < -0.4 is 9.62 Å². The maximum Gasteiger partial charge on any atom is 0.243 e. The normalized spacial score (nSPS) is 12.8.